The van der Waals surface area contributed by atoms with Crippen molar-refractivity contribution in [3.8, 4) is 0 Å². The average Bonchev–Trinajstić information content (AvgIpc) is 3.13. The number of benzene rings is 1. The second-order valence-corrected chi connectivity index (χ2v) is 5.40. The van der Waals surface area contributed by atoms with Gasteiger partial charge in [-0.15, -0.1) is 0 Å². The van der Waals surface area contributed by atoms with Gasteiger partial charge < -0.3 is 15.1 Å². The molecule has 0 fully saturated rings. The summed E-state index contributed by atoms with van der Waals surface area (Å²) in [4.78, 5) is 20.2. The van der Waals surface area contributed by atoms with Crippen LogP contribution < -0.4 is 10.6 Å². The molecular formula is C17H15ClN4O2. The monoisotopic (exact) mass is 342 g/mol. The molecule has 0 saturated heterocycles. The van der Waals surface area contributed by atoms with Crippen LogP contribution in [0, 0.1) is 0 Å². The molecule has 0 aliphatic rings. The minimum atomic E-state index is -0.297. The number of nitrogens with one attached hydrogen (secondary N) is 2. The Morgan fingerprint density at radius 1 is 1.12 bits per heavy atom. The average molecular weight is 343 g/mol. The molecule has 0 aliphatic heterocycles. The Balaban J connectivity index is 1.61. The topological polar surface area (TPSA) is 80.0 Å². The molecule has 1 amide bonds. The van der Waals surface area contributed by atoms with E-state index in [9.17, 15) is 4.79 Å². The summed E-state index contributed by atoms with van der Waals surface area (Å²) in [5.41, 5.74) is 1.22. The van der Waals surface area contributed by atoms with Crippen LogP contribution in [0.5, 0.6) is 0 Å². The molecule has 2 N–H and O–H groups in total. The highest BCUT2D eigenvalue weighted by Gasteiger charge is 2.09. The summed E-state index contributed by atoms with van der Waals surface area (Å²) < 4.78 is 5.17. The smallest absolute Gasteiger partial charge is 0.270 e. The second-order valence-electron chi connectivity index (χ2n) is 5.00. The molecule has 2 aromatic heterocycles. The van der Waals surface area contributed by atoms with E-state index in [1.54, 1.807) is 24.5 Å². The lowest BCUT2D eigenvalue weighted by Gasteiger charge is -2.08. The molecule has 0 atom stereocenters. The van der Waals surface area contributed by atoms with Crippen molar-refractivity contribution in [3.63, 3.8) is 0 Å². The molecule has 0 bridgehead atoms. The molecule has 1 aromatic carbocycles. The Morgan fingerprint density at radius 2 is 2.00 bits per heavy atom. The number of hydrogen-bond acceptors (Lipinski definition) is 5. The van der Waals surface area contributed by atoms with Gasteiger partial charge in [0.15, 0.2) is 0 Å². The highest BCUT2D eigenvalue weighted by Crippen LogP contribution is 2.16. The Kier molecular flexibility index (Phi) is 5.08. The summed E-state index contributed by atoms with van der Waals surface area (Å²) in [7, 11) is 0. The minimum absolute atomic E-state index is 0.276. The van der Waals surface area contributed by atoms with Crippen LogP contribution in [-0.2, 0) is 13.1 Å². The number of carbonyl (C=O) groups excluding carboxylic acids is 1. The zero-order valence-corrected chi connectivity index (χ0v) is 13.5. The fraction of sp³-hybridized carbons (Fsp3) is 0.118. The molecule has 0 unspecified atom stereocenters. The molecule has 0 aliphatic carbocycles. The SMILES string of the molecule is O=C(NCc1ccco1)c1cc(NCc2ccccc2Cl)ncn1. The molecule has 0 radical (unpaired) electrons. The maximum atomic E-state index is 12.1. The zero-order valence-electron chi connectivity index (χ0n) is 12.7. The third kappa shape index (κ3) is 4.11. The van der Waals surface area contributed by atoms with Gasteiger partial charge in [-0.1, -0.05) is 29.8 Å². The van der Waals surface area contributed by atoms with Crippen molar-refractivity contribution in [2.24, 2.45) is 0 Å². The standard InChI is InChI=1S/C17H15ClN4O2/c18-14-6-2-1-4-12(14)9-19-16-8-15(21-11-22-16)17(23)20-10-13-5-3-7-24-13/h1-8,11H,9-10H2,(H,20,23)(H,19,21,22). The van der Waals surface area contributed by atoms with Gasteiger partial charge in [-0.3, -0.25) is 4.79 Å². The third-order valence-corrected chi connectivity index (χ3v) is 3.69. The van der Waals surface area contributed by atoms with Gasteiger partial charge in [0, 0.05) is 17.6 Å². The maximum Gasteiger partial charge on any atom is 0.270 e. The van der Waals surface area contributed by atoms with E-state index in [1.165, 1.54) is 6.33 Å². The quantitative estimate of drug-likeness (QED) is 0.718. The van der Waals surface area contributed by atoms with Crippen molar-refractivity contribution >= 4 is 23.3 Å². The molecular weight excluding hydrogens is 328 g/mol. The van der Waals surface area contributed by atoms with Gasteiger partial charge in [0.1, 0.15) is 23.6 Å². The number of nitrogens with zero attached hydrogens (tertiary/aromatic N) is 2. The van der Waals surface area contributed by atoms with Crippen LogP contribution in [-0.4, -0.2) is 15.9 Å². The molecule has 7 heteroatoms. The van der Waals surface area contributed by atoms with Crippen molar-refractivity contribution < 1.29 is 9.21 Å². The number of amides is 1. The van der Waals surface area contributed by atoms with E-state index < -0.39 is 0 Å². The third-order valence-electron chi connectivity index (χ3n) is 3.32. The van der Waals surface area contributed by atoms with Crippen LogP contribution in [0.4, 0.5) is 5.82 Å². The Bertz CT molecular complexity index is 821. The van der Waals surface area contributed by atoms with Crippen molar-refractivity contribution in [2.45, 2.75) is 13.1 Å². The van der Waals surface area contributed by atoms with Crippen LogP contribution in [0.3, 0.4) is 0 Å². The van der Waals surface area contributed by atoms with E-state index in [-0.39, 0.29) is 11.6 Å². The number of anilines is 1. The minimum Gasteiger partial charge on any atom is -0.467 e. The van der Waals surface area contributed by atoms with Gasteiger partial charge in [0.2, 0.25) is 0 Å². The number of hydrogen-bond donors (Lipinski definition) is 2. The van der Waals surface area contributed by atoms with Crippen molar-refractivity contribution in [1.82, 2.24) is 15.3 Å². The Morgan fingerprint density at radius 3 is 2.79 bits per heavy atom. The molecule has 3 rings (SSSR count). The van der Waals surface area contributed by atoms with E-state index in [4.69, 9.17) is 16.0 Å². The number of halogens is 1. The Labute approximate surface area is 143 Å². The number of rotatable bonds is 6. The predicted octanol–water partition coefficient (Wildman–Crippen LogP) is 3.27. The fourth-order valence-electron chi connectivity index (χ4n) is 2.08. The predicted molar refractivity (Wildman–Crippen MR) is 90.7 cm³/mol. The van der Waals surface area contributed by atoms with Gasteiger partial charge in [0.25, 0.3) is 5.91 Å². The van der Waals surface area contributed by atoms with Crippen LogP contribution in [0.1, 0.15) is 21.8 Å². The maximum absolute atomic E-state index is 12.1. The van der Waals surface area contributed by atoms with Crippen molar-refractivity contribution in [1.29, 1.82) is 0 Å². The molecule has 24 heavy (non-hydrogen) atoms. The van der Waals surface area contributed by atoms with E-state index in [0.717, 1.165) is 5.56 Å². The lowest BCUT2D eigenvalue weighted by molar-refractivity contribution is 0.0943. The van der Waals surface area contributed by atoms with Crippen LogP contribution in [0.2, 0.25) is 5.02 Å². The summed E-state index contributed by atoms with van der Waals surface area (Å²) >= 11 is 6.12. The highest BCUT2D eigenvalue weighted by molar-refractivity contribution is 6.31. The highest BCUT2D eigenvalue weighted by atomic mass is 35.5. The first-order chi connectivity index (χ1) is 11.7. The largest absolute Gasteiger partial charge is 0.467 e. The van der Waals surface area contributed by atoms with Gasteiger partial charge in [-0.2, -0.15) is 0 Å². The van der Waals surface area contributed by atoms with Crippen molar-refractivity contribution in [2.75, 3.05) is 5.32 Å². The van der Waals surface area contributed by atoms with Gasteiger partial charge >= 0.3 is 0 Å². The molecule has 122 valence electrons. The van der Waals surface area contributed by atoms with Crippen LogP contribution in [0.25, 0.3) is 0 Å². The lowest BCUT2D eigenvalue weighted by Crippen LogP contribution is -2.23. The second kappa shape index (κ2) is 7.61. The van der Waals surface area contributed by atoms with Gasteiger partial charge in [0.05, 0.1) is 12.8 Å². The summed E-state index contributed by atoms with van der Waals surface area (Å²) in [6.45, 7) is 0.808. The Hall–Kier alpha value is -2.86. The lowest BCUT2D eigenvalue weighted by atomic mass is 10.2. The van der Waals surface area contributed by atoms with E-state index in [1.807, 2.05) is 24.3 Å². The van der Waals surface area contributed by atoms with Crippen LogP contribution >= 0.6 is 11.6 Å². The summed E-state index contributed by atoms with van der Waals surface area (Å²) in [5.74, 6) is 0.928. The number of furan rings is 1. The van der Waals surface area contributed by atoms with E-state index in [0.29, 0.717) is 29.7 Å². The zero-order chi connectivity index (χ0) is 16.8. The van der Waals surface area contributed by atoms with Gasteiger partial charge in [-0.25, -0.2) is 9.97 Å². The molecule has 0 saturated carbocycles. The number of aromatic nitrogens is 2. The first kappa shape index (κ1) is 16.0. The molecule has 6 nitrogen and oxygen atoms in total. The van der Waals surface area contributed by atoms with Crippen LogP contribution in [0.15, 0.2) is 59.5 Å². The van der Waals surface area contributed by atoms with Gasteiger partial charge in [-0.05, 0) is 23.8 Å². The van der Waals surface area contributed by atoms with Crippen molar-refractivity contribution in [3.05, 3.63) is 77.1 Å². The first-order valence-electron chi connectivity index (χ1n) is 7.32. The summed E-state index contributed by atoms with van der Waals surface area (Å²) in [6, 6.07) is 12.7. The molecule has 3 aromatic rings. The van der Waals surface area contributed by atoms with E-state index >= 15 is 0 Å². The molecule has 2 heterocycles. The summed E-state index contributed by atoms with van der Waals surface area (Å²) in [5, 5.41) is 6.55. The fourth-order valence-corrected chi connectivity index (χ4v) is 2.28. The normalized spacial score (nSPS) is 10.4. The molecule has 0 spiro atoms. The summed E-state index contributed by atoms with van der Waals surface area (Å²) in [6.07, 6.45) is 2.90. The first-order valence-corrected chi connectivity index (χ1v) is 7.70. The van der Waals surface area contributed by atoms with E-state index in [2.05, 4.69) is 20.6 Å². The number of carbonyl (C=O) groups is 1.